The van der Waals surface area contributed by atoms with E-state index in [-0.39, 0.29) is 11.7 Å². The highest BCUT2D eigenvalue weighted by atomic mass is 16.5. The van der Waals surface area contributed by atoms with Crippen molar-refractivity contribution in [3.63, 3.8) is 0 Å². The summed E-state index contributed by atoms with van der Waals surface area (Å²) in [5.74, 6) is -0.627. The molecule has 5 aromatic rings. The van der Waals surface area contributed by atoms with Crippen LogP contribution in [0.2, 0.25) is 0 Å². The predicted octanol–water partition coefficient (Wildman–Crippen LogP) is 6.34. The first-order valence-electron chi connectivity index (χ1n) is 12.2. The molecule has 188 valence electrons. The van der Waals surface area contributed by atoms with E-state index in [9.17, 15) is 9.59 Å². The molecule has 0 saturated heterocycles. The molecule has 3 aromatic carbocycles. The third kappa shape index (κ3) is 5.17. The Bertz CT molecular complexity index is 1550. The van der Waals surface area contributed by atoms with E-state index in [1.165, 1.54) is 6.26 Å². The second-order valence-corrected chi connectivity index (χ2v) is 8.34. The lowest BCUT2D eigenvalue weighted by Crippen LogP contribution is -2.16. The molecule has 0 spiro atoms. The number of carbonyl (C=O) groups excluding carboxylic acids is 2. The molecule has 0 fully saturated rings. The molecule has 0 aliphatic rings. The second-order valence-electron chi connectivity index (χ2n) is 8.34. The zero-order valence-corrected chi connectivity index (χ0v) is 20.7. The molecule has 0 saturated carbocycles. The molecular weight excluding hydrogens is 478 g/mol. The van der Waals surface area contributed by atoms with Gasteiger partial charge in [0.2, 0.25) is 0 Å². The number of ether oxygens (including phenoxy) is 1. The van der Waals surface area contributed by atoms with E-state index in [1.807, 2.05) is 78.9 Å². The van der Waals surface area contributed by atoms with Crippen molar-refractivity contribution in [1.82, 2.24) is 9.99 Å². The average Bonchev–Trinajstić information content (AvgIpc) is 3.63. The first-order valence-corrected chi connectivity index (χ1v) is 12.2. The van der Waals surface area contributed by atoms with Crippen molar-refractivity contribution in [2.45, 2.75) is 6.92 Å². The number of hydrogen-bond donors (Lipinski definition) is 1. The molecule has 0 aliphatic heterocycles. The maximum Gasteiger partial charge on any atom is 0.338 e. The van der Waals surface area contributed by atoms with Crippen LogP contribution in [0.5, 0.6) is 0 Å². The number of hydrazone groups is 1. The topological polar surface area (TPSA) is 85.8 Å². The van der Waals surface area contributed by atoms with Gasteiger partial charge < -0.3 is 13.7 Å². The predicted molar refractivity (Wildman–Crippen MR) is 146 cm³/mol. The Labute approximate surface area is 220 Å². The Morgan fingerprint density at radius 1 is 0.895 bits per heavy atom. The standard InChI is InChI=1S/C31H25N3O4/c1-2-37-31(36)24-15-17-26(18-16-24)34-27(22-10-5-3-6-11-22)20-25(29(34)23-12-7-4-8-13-23)21-32-33-30(35)28-14-9-19-38-28/h3-21H,2H2,1H3,(H,33,35)/b32-21+. The molecular formula is C31H25N3O4. The summed E-state index contributed by atoms with van der Waals surface area (Å²) < 4.78 is 12.4. The van der Waals surface area contributed by atoms with E-state index < -0.39 is 5.91 Å². The lowest BCUT2D eigenvalue weighted by atomic mass is 10.1. The van der Waals surface area contributed by atoms with Crippen molar-refractivity contribution in [2.24, 2.45) is 5.10 Å². The average molecular weight is 504 g/mol. The molecule has 0 unspecified atom stereocenters. The zero-order valence-electron chi connectivity index (χ0n) is 20.7. The van der Waals surface area contributed by atoms with Gasteiger partial charge in [-0.25, -0.2) is 10.2 Å². The van der Waals surface area contributed by atoms with E-state index in [4.69, 9.17) is 9.15 Å². The molecule has 7 heteroatoms. The fourth-order valence-electron chi connectivity index (χ4n) is 4.19. The van der Waals surface area contributed by atoms with Gasteiger partial charge in [-0.1, -0.05) is 60.7 Å². The minimum absolute atomic E-state index is 0.176. The van der Waals surface area contributed by atoms with Crippen LogP contribution in [0.1, 0.15) is 33.4 Å². The van der Waals surface area contributed by atoms with Gasteiger partial charge in [0.1, 0.15) is 0 Å². The molecule has 0 radical (unpaired) electrons. The van der Waals surface area contributed by atoms with Gasteiger partial charge in [0.25, 0.3) is 0 Å². The van der Waals surface area contributed by atoms with Crippen LogP contribution < -0.4 is 5.43 Å². The van der Waals surface area contributed by atoms with Crippen LogP contribution in [-0.2, 0) is 4.74 Å². The number of aromatic nitrogens is 1. The summed E-state index contributed by atoms with van der Waals surface area (Å²) in [7, 11) is 0. The largest absolute Gasteiger partial charge is 0.462 e. The summed E-state index contributed by atoms with van der Waals surface area (Å²) in [5, 5.41) is 4.22. The van der Waals surface area contributed by atoms with Crippen LogP contribution in [0.3, 0.4) is 0 Å². The minimum atomic E-state index is -0.440. The lowest BCUT2D eigenvalue weighted by Gasteiger charge is -2.15. The van der Waals surface area contributed by atoms with Gasteiger partial charge in [-0.2, -0.15) is 5.10 Å². The maximum atomic E-state index is 12.3. The zero-order chi connectivity index (χ0) is 26.3. The van der Waals surface area contributed by atoms with E-state index in [0.717, 1.165) is 33.8 Å². The van der Waals surface area contributed by atoms with Crippen molar-refractivity contribution in [2.75, 3.05) is 6.61 Å². The Kier molecular flexibility index (Phi) is 7.27. The highest BCUT2D eigenvalue weighted by molar-refractivity contribution is 5.96. The van der Waals surface area contributed by atoms with Gasteiger partial charge in [-0.15, -0.1) is 0 Å². The van der Waals surface area contributed by atoms with Gasteiger partial charge in [0, 0.05) is 11.3 Å². The number of nitrogens with zero attached hydrogens (tertiary/aromatic N) is 2. The van der Waals surface area contributed by atoms with Crippen LogP contribution in [0.4, 0.5) is 0 Å². The van der Waals surface area contributed by atoms with Crippen molar-refractivity contribution in [1.29, 1.82) is 0 Å². The number of nitrogens with one attached hydrogen (secondary N) is 1. The monoisotopic (exact) mass is 503 g/mol. The molecule has 0 atom stereocenters. The van der Waals surface area contributed by atoms with E-state index in [1.54, 1.807) is 37.4 Å². The van der Waals surface area contributed by atoms with Gasteiger partial charge in [0.15, 0.2) is 5.76 Å². The summed E-state index contributed by atoms with van der Waals surface area (Å²) in [5.41, 5.74) is 8.42. The third-order valence-corrected chi connectivity index (χ3v) is 5.90. The highest BCUT2D eigenvalue weighted by Crippen LogP contribution is 2.35. The van der Waals surface area contributed by atoms with Gasteiger partial charge in [0.05, 0.1) is 36.0 Å². The Morgan fingerprint density at radius 2 is 1.58 bits per heavy atom. The molecule has 5 rings (SSSR count). The normalized spacial score (nSPS) is 11.0. The summed E-state index contributed by atoms with van der Waals surface area (Å²) >= 11 is 0. The quantitative estimate of drug-likeness (QED) is 0.152. The second kappa shape index (κ2) is 11.3. The van der Waals surface area contributed by atoms with E-state index >= 15 is 0 Å². The van der Waals surface area contributed by atoms with Crippen LogP contribution in [0, 0.1) is 0 Å². The summed E-state index contributed by atoms with van der Waals surface area (Å²) in [6.45, 7) is 2.10. The number of furan rings is 1. The molecule has 0 bridgehead atoms. The van der Waals surface area contributed by atoms with Gasteiger partial charge in [-0.3, -0.25) is 4.79 Å². The Morgan fingerprint density at radius 3 is 2.21 bits per heavy atom. The first kappa shape index (κ1) is 24.5. The lowest BCUT2D eigenvalue weighted by molar-refractivity contribution is 0.0526. The number of rotatable bonds is 8. The number of carbonyl (C=O) groups is 2. The van der Waals surface area contributed by atoms with E-state index in [2.05, 4.69) is 15.1 Å². The summed E-state index contributed by atoms with van der Waals surface area (Å²) in [6, 6.07) is 32.5. The van der Waals surface area contributed by atoms with Crippen molar-refractivity contribution in [3.8, 4) is 28.2 Å². The fourth-order valence-corrected chi connectivity index (χ4v) is 4.19. The van der Waals surface area contributed by atoms with E-state index in [0.29, 0.717) is 12.2 Å². The minimum Gasteiger partial charge on any atom is -0.462 e. The van der Waals surface area contributed by atoms with Crippen molar-refractivity contribution >= 4 is 18.1 Å². The highest BCUT2D eigenvalue weighted by Gasteiger charge is 2.19. The number of benzene rings is 3. The van der Waals surface area contributed by atoms with Crippen LogP contribution >= 0.6 is 0 Å². The fraction of sp³-hybridized carbons (Fsp3) is 0.0645. The maximum absolute atomic E-state index is 12.3. The molecule has 1 amide bonds. The molecule has 1 N–H and O–H groups in total. The smallest absolute Gasteiger partial charge is 0.338 e. The van der Waals surface area contributed by atoms with Crippen LogP contribution in [0.25, 0.3) is 28.2 Å². The molecule has 2 aromatic heterocycles. The van der Waals surface area contributed by atoms with Gasteiger partial charge in [-0.05, 0) is 60.5 Å². The summed E-state index contributed by atoms with van der Waals surface area (Å²) in [4.78, 5) is 24.6. The first-order chi connectivity index (χ1) is 18.7. The van der Waals surface area contributed by atoms with Gasteiger partial charge >= 0.3 is 11.9 Å². The molecule has 2 heterocycles. The van der Waals surface area contributed by atoms with Crippen molar-refractivity contribution < 1.29 is 18.7 Å². The van der Waals surface area contributed by atoms with Crippen LogP contribution in [0.15, 0.2) is 119 Å². The molecule has 38 heavy (non-hydrogen) atoms. The number of amides is 1. The third-order valence-electron chi connectivity index (χ3n) is 5.90. The van der Waals surface area contributed by atoms with Crippen molar-refractivity contribution in [3.05, 3.63) is 126 Å². The Hall–Kier alpha value is -5.17. The Balaban J connectivity index is 1.64. The summed E-state index contributed by atoms with van der Waals surface area (Å²) in [6.07, 6.45) is 3.06. The van der Waals surface area contributed by atoms with Crippen LogP contribution in [-0.4, -0.2) is 29.3 Å². The number of esters is 1. The molecule has 0 aliphatic carbocycles. The molecule has 7 nitrogen and oxygen atoms in total. The number of hydrogen-bond acceptors (Lipinski definition) is 5. The SMILES string of the molecule is CCOC(=O)c1ccc(-n2c(-c3ccccc3)cc(/C=N/NC(=O)c3ccco3)c2-c2ccccc2)cc1.